The molecule has 1 unspecified atom stereocenters. The van der Waals surface area contributed by atoms with Crippen molar-refractivity contribution in [2.75, 3.05) is 20.3 Å². The number of hydrogen-bond acceptors (Lipinski definition) is 5. The molecule has 0 spiro atoms. The van der Waals surface area contributed by atoms with E-state index in [2.05, 4.69) is 4.74 Å². The van der Waals surface area contributed by atoms with Crippen molar-refractivity contribution >= 4 is 14.2 Å². The van der Waals surface area contributed by atoms with Crippen LogP contribution in [0.1, 0.15) is 19.8 Å². The zero-order chi connectivity index (χ0) is 10.1. The number of ether oxygens (including phenoxy) is 1. The van der Waals surface area contributed by atoms with E-state index in [0.717, 1.165) is 6.42 Å². The van der Waals surface area contributed by atoms with E-state index in [4.69, 9.17) is 9.05 Å². The van der Waals surface area contributed by atoms with Crippen LogP contribution in [0.4, 0.5) is 0 Å². The van der Waals surface area contributed by atoms with Gasteiger partial charge >= 0.3 is 14.2 Å². The molecule has 0 aliphatic carbocycles. The van der Waals surface area contributed by atoms with Crippen LogP contribution in [0.25, 0.3) is 0 Å². The van der Waals surface area contributed by atoms with Gasteiger partial charge in [0.05, 0.1) is 13.5 Å². The lowest BCUT2D eigenvalue weighted by Gasteiger charge is -1.93. The van der Waals surface area contributed by atoms with Crippen LogP contribution in [-0.2, 0) is 23.1 Å². The van der Waals surface area contributed by atoms with Crippen LogP contribution in [0.2, 0.25) is 0 Å². The van der Waals surface area contributed by atoms with Gasteiger partial charge in [-0.15, -0.1) is 9.05 Å². The second-order valence-electron chi connectivity index (χ2n) is 2.22. The van der Waals surface area contributed by atoms with E-state index in [1.54, 1.807) is 0 Å². The standard InChI is InChI=1S/C7H14O5P/c1-3-5-11-13(9)12-6-4-7(8)10-2/h3-6H2,1-2H3/q+1. The van der Waals surface area contributed by atoms with E-state index in [9.17, 15) is 9.36 Å². The molecule has 1 atom stereocenters. The summed E-state index contributed by atoms with van der Waals surface area (Å²) in [4.78, 5) is 10.6. The van der Waals surface area contributed by atoms with Crippen LogP contribution in [-0.4, -0.2) is 26.3 Å². The maximum Gasteiger partial charge on any atom is 0.697 e. The molecular weight excluding hydrogens is 195 g/mol. The molecule has 0 aliphatic heterocycles. The van der Waals surface area contributed by atoms with Gasteiger partial charge in [-0.05, 0) is 6.42 Å². The van der Waals surface area contributed by atoms with E-state index in [0.29, 0.717) is 6.61 Å². The van der Waals surface area contributed by atoms with Crippen molar-refractivity contribution in [3.8, 4) is 0 Å². The zero-order valence-corrected chi connectivity index (χ0v) is 8.71. The molecule has 0 aromatic heterocycles. The Morgan fingerprint density at radius 2 is 1.92 bits per heavy atom. The first-order valence-electron chi connectivity index (χ1n) is 4.00. The highest BCUT2D eigenvalue weighted by atomic mass is 31.1. The second-order valence-corrected chi connectivity index (χ2v) is 3.18. The minimum atomic E-state index is -2.08. The molecule has 13 heavy (non-hydrogen) atoms. The molecule has 0 radical (unpaired) electrons. The van der Waals surface area contributed by atoms with Gasteiger partial charge < -0.3 is 4.74 Å². The normalized spacial score (nSPS) is 11.1. The van der Waals surface area contributed by atoms with Crippen molar-refractivity contribution in [1.82, 2.24) is 0 Å². The van der Waals surface area contributed by atoms with Crippen LogP contribution in [0, 0.1) is 0 Å². The lowest BCUT2D eigenvalue weighted by atomic mass is 10.5. The molecule has 0 aromatic carbocycles. The topological polar surface area (TPSA) is 61.8 Å². The third-order valence-corrected chi connectivity index (χ3v) is 1.92. The van der Waals surface area contributed by atoms with Crippen LogP contribution < -0.4 is 0 Å². The van der Waals surface area contributed by atoms with E-state index < -0.39 is 8.25 Å². The lowest BCUT2D eigenvalue weighted by Crippen LogP contribution is -2.03. The summed E-state index contributed by atoms with van der Waals surface area (Å²) in [6.45, 7) is 2.36. The van der Waals surface area contributed by atoms with Gasteiger partial charge in [0.25, 0.3) is 0 Å². The van der Waals surface area contributed by atoms with Crippen molar-refractivity contribution in [3.63, 3.8) is 0 Å². The lowest BCUT2D eigenvalue weighted by molar-refractivity contribution is -0.141. The Bertz CT molecular complexity index is 170. The summed E-state index contributed by atoms with van der Waals surface area (Å²) >= 11 is 0. The number of hydrogen-bond donors (Lipinski definition) is 0. The predicted octanol–water partition coefficient (Wildman–Crippen LogP) is 1.65. The van der Waals surface area contributed by atoms with Crippen LogP contribution >= 0.6 is 8.25 Å². The third-order valence-electron chi connectivity index (χ3n) is 1.13. The summed E-state index contributed by atoms with van der Waals surface area (Å²) in [7, 11) is -0.792. The smallest absolute Gasteiger partial charge is 0.469 e. The summed E-state index contributed by atoms with van der Waals surface area (Å²) in [6, 6.07) is 0. The van der Waals surface area contributed by atoms with Crippen LogP contribution in [0.3, 0.4) is 0 Å². The summed E-state index contributed by atoms with van der Waals surface area (Å²) in [5.41, 5.74) is 0. The molecular formula is C7H14O5P+. The van der Waals surface area contributed by atoms with E-state index in [-0.39, 0.29) is 19.0 Å². The largest absolute Gasteiger partial charge is 0.697 e. The number of rotatable bonds is 7. The van der Waals surface area contributed by atoms with Crippen molar-refractivity contribution in [3.05, 3.63) is 0 Å². The van der Waals surface area contributed by atoms with Crippen molar-refractivity contribution in [2.45, 2.75) is 19.8 Å². The highest BCUT2D eigenvalue weighted by molar-refractivity contribution is 7.33. The third kappa shape index (κ3) is 7.84. The first-order chi connectivity index (χ1) is 6.20. The first-order valence-corrected chi connectivity index (χ1v) is 5.10. The zero-order valence-electron chi connectivity index (χ0n) is 7.82. The fraction of sp³-hybridized carbons (Fsp3) is 0.857. The Balaban J connectivity index is 3.31. The molecule has 0 fully saturated rings. The van der Waals surface area contributed by atoms with Gasteiger partial charge in [0.1, 0.15) is 13.2 Å². The SMILES string of the molecule is CCCO[P+](=O)OCCC(=O)OC. The predicted molar refractivity (Wildman–Crippen MR) is 46.4 cm³/mol. The molecule has 0 saturated carbocycles. The Labute approximate surface area is 78.3 Å². The minimum Gasteiger partial charge on any atom is -0.469 e. The number of carbonyl (C=O) groups excluding carboxylic acids is 1. The second kappa shape index (κ2) is 8.10. The van der Waals surface area contributed by atoms with E-state index in [1.807, 2.05) is 6.92 Å². The molecule has 0 bridgehead atoms. The molecule has 76 valence electrons. The monoisotopic (exact) mass is 209 g/mol. The molecule has 0 aliphatic rings. The minimum absolute atomic E-state index is 0.0611. The molecule has 0 rings (SSSR count). The molecule has 0 aromatic rings. The summed E-state index contributed by atoms with van der Waals surface area (Å²) in [5.74, 6) is -0.390. The molecule has 5 nitrogen and oxygen atoms in total. The fourth-order valence-electron chi connectivity index (χ4n) is 0.509. The van der Waals surface area contributed by atoms with Gasteiger partial charge in [0, 0.05) is 4.57 Å². The van der Waals surface area contributed by atoms with Crippen molar-refractivity contribution in [1.29, 1.82) is 0 Å². The average Bonchev–Trinajstić information content (AvgIpc) is 2.14. The highest BCUT2D eigenvalue weighted by Gasteiger charge is 2.19. The Hall–Kier alpha value is -0.510. The van der Waals surface area contributed by atoms with Gasteiger partial charge in [-0.2, -0.15) is 0 Å². The molecule has 6 heteroatoms. The first kappa shape index (κ1) is 12.5. The quantitative estimate of drug-likeness (QED) is 0.471. The number of esters is 1. The molecule has 0 N–H and O–H groups in total. The van der Waals surface area contributed by atoms with Gasteiger partial charge in [-0.3, -0.25) is 4.79 Å². The van der Waals surface area contributed by atoms with E-state index in [1.165, 1.54) is 7.11 Å². The summed E-state index contributed by atoms with van der Waals surface area (Å²) in [6.07, 6.45) is 0.870. The van der Waals surface area contributed by atoms with Gasteiger partial charge in [-0.1, -0.05) is 6.92 Å². The molecule has 0 saturated heterocycles. The highest BCUT2D eigenvalue weighted by Crippen LogP contribution is 2.23. The molecule has 0 amide bonds. The van der Waals surface area contributed by atoms with Crippen molar-refractivity contribution in [2.24, 2.45) is 0 Å². The maximum atomic E-state index is 10.8. The Kier molecular flexibility index (Phi) is 7.79. The molecule has 0 heterocycles. The van der Waals surface area contributed by atoms with Gasteiger partial charge in [0.15, 0.2) is 0 Å². The van der Waals surface area contributed by atoms with Gasteiger partial charge in [-0.25, -0.2) is 0 Å². The summed E-state index contributed by atoms with van der Waals surface area (Å²) in [5, 5.41) is 0. The number of carbonyl (C=O) groups is 1. The maximum absolute atomic E-state index is 10.8. The van der Waals surface area contributed by atoms with Crippen LogP contribution in [0.5, 0.6) is 0 Å². The Morgan fingerprint density at radius 3 is 2.46 bits per heavy atom. The fourth-order valence-corrected chi connectivity index (χ4v) is 1.16. The van der Waals surface area contributed by atoms with E-state index >= 15 is 0 Å². The average molecular weight is 209 g/mol. The number of methoxy groups -OCH3 is 1. The summed E-state index contributed by atoms with van der Waals surface area (Å²) < 4.78 is 24.6. The Morgan fingerprint density at radius 1 is 1.31 bits per heavy atom. The van der Waals surface area contributed by atoms with Crippen molar-refractivity contribution < 1.29 is 23.1 Å². The van der Waals surface area contributed by atoms with Gasteiger partial charge in [0.2, 0.25) is 0 Å². The van der Waals surface area contributed by atoms with Crippen LogP contribution in [0.15, 0.2) is 0 Å².